The number of anilines is 1. The summed E-state index contributed by atoms with van der Waals surface area (Å²) in [6.45, 7) is 1.67. The first-order valence-corrected chi connectivity index (χ1v) is 12.0. The number of carbonyl (C=O) groups excluding carboxylic acids is 1. The van der Waals surface area contributed by atoms with Gasteiger partial charge in [-0.25, -0.2) is 13.8 Å². The second-order valence-electron chi connectivity index (χ2n) is 6.57. The summed E-state index contributed by atoms with van der Waals surface area (Å²) >= 11 is 3.37. The maximum absolute atomic E-state index is 13.4. The van der Waals surface area contributed by atoms with Gasteiger partial charge in [-0.1, -0.05) is 58.4 Å². The number of hydrogen-bond donors (Lipinski definition) is 1. The number of hydrogen-bond acceptors (Lipinski definition) is 5. The number of benzene rings is 3. The zero-order chi connectivity index (χ0) is 23.0. The first-order valence-electron chi connectivity index (χ1n) is 9.79. The molecule has 0 radical (unpaired) electrons. The fraction of sp³-hybridized carbons (Fsp3) is 0.130. The van der Waals surface area contributed by atoms with Gasteiger partial charge in [-0.3, -0.25) is 9.10 Å². The zero-order valence-electron chi connectivity index (χ0n) is 17.3. The van der Waals surface area contributed by atoms with E-state index in [4.69, 9.17) is 4.74 Å². The van der Waals surface area contributed by atoms with Crippen molar-refractivity contribution in [2.24, 2.45) is 5.10 Å². The quantitative estimate of drug-likeness (QED) is 0.341. The van der Waals surface area contributed by atoms with Crippen molar-refractivity contribution in [1.82, 2.24) is 5.43 Å². The third kappa shape index (κ3) is 5.95. The van der Waals surface area contributed by atoms with E-state index in [1.165, 1.54) is 18.3 Å². The van der Waals surface area contributed by atoms with Crippen molar-refractivity contribution in [1.29, 1.82) is 0 Å². The van der Waals surface area contributed by atoms with Crippen LogP contribution in [0.3, 0.4) is 0 Å². The van der Waals surface area contributed by atoms with Crippen LogP contribution in [-0.4, -0.2) is 33.7 Å². The third-order valence-electron chi connectivity index (χ3n) is 4.30. The lowest BCUT2D eigenvalue weighted by molar-refractivity contribution is -0.119. The lowest BCUT2D eigenvalue weighted by atomic mass is 10.2. The number of nitrogens with zero attached hydrogens (tertiary/aromatic N) is 2. The highest BCUT2D eigenvalue weighted by molar-refractivity contribution is 9.10. The molecule has 0 saturated carbocycles. The largest absolute Gasteiger partial charge is 0.492 e. The van der Waals surface area contributed by atoms with Crippen LogP contribution in [0.5, 0.6) is 5.75 Å². The van der Waals surface area contributed by atoms with Gasteiger partial charge in [0.1, 0.15) is 12.3 Å². The molecule has 7 nitrogen and oxygen atoms in total. The highest BCUT2D eigenvalue weighted by Crippen LogP contribution is 2.32. The van der Waals surface area contributed by atoms with Gasteiger partial charge in [-0.2, -0.15) is 5.10 Å². The van der Waals surface area contributed by atoms with Crippen molar-refractivity contribution in [2.75, 3.05) is 17.5 Å². The molecule has 0 aliphatic carbocycles. The van der Waals surface area contributed by atoms with Crippen molar-refractivity contribution in [2.45, 2.75) is 11.8 Å². The normalized spacial score (nSPS) is 11.3. The Bertz CT molecular complexity index is 1200. The monoisotopic (exact) mass is 515 g/mol. The van der Waals surface area contributed by atoms with E-state index >= 15 is 0 Å². The van der Waals surface area contributed by atoms with Gasteiger partial charge in [-0.05, 0) is 48.9 Å². The van der Waals surface area contributed by atoms with Crippen molar-refractivity contribution >= 4 is 43.8 Å². The molecule has 9 heteroatoms. The maximum Gasteiger partial charge on any atom is 0.264 e. The molecule has 0 aromatic heterocycles. The van der Waals surface area contributed by atoms with Crippen molar-refractivity contribution in [3.63, 3.8) is 0 Å². The summed E-state index contributed by atoms with van der Waals surface area (Å²) in [6.07, 6.45) is 1.48. The van der Waals surface area contributed by atoms with E-state index < -0.39 is 22.5 Å². The molecule has 0 bridgehead atoms. The minimum Gasteiger partial charge on any atom is -0.492 e. The van der Waals surface area contributed by atoms with Gasteiger partial charge in [0.15, 0.2) is 0 Å². The highest BCUT2D eigenvalue weighted by atomic mass is 79.9. The average Bonchev–Trinajstić information content (AvgIpc) is 2.79. The first kappa shape index (κ1) is 23.5. The van der Waals surface area contributed by atoms with Gasteiger partial charge in [-0.15, -0.1) is 0 Å². The van der Waals surface area contributed by atoms with Crippen LogP contribution in [0.1, 0.15) is 12.5 Å². The number of halogens is 1. The number of nitrogens with one attached hydrogen (secondary N) is 1. The average molecular weight is 516 g/mol. The summed E-state index contributed by atoms with van der Waals surface area (Å²) in [5.74, 6) is -0.234. The van der Waals surface area contributed by atoms with E-state index in [9.17, 15) is 13.2 Å². The lowest BCUT2D eigenvalue weighted by Gasteiger charge is -2.25. The van der Waals surface area contributed by atoms with Gasteiger partial charge in [0.2, 0.25) is 0 Å². The summed E-state index contributed by atoms with van der Waals surface area (Å²) < 4.78 is 34.3. The molecule has 1 amide bonds. The molecule has 1 N–H and O–H groups in total. The minimum absolute atomic E-state index is 0.0664. The Labute approximate surface area is 195 Å². The van der Waals surface area contributed by atoms with Crippen LogP contribution in [0.25, 0.3) is 0 Å². The van der Waals surface area contributed by atoms with Crippen LogP contribution in [0.2, 0.25) is 0 Å². The number of ether oxygens (including phenoxy) is 1. The predicted octanol–water partition coefficient (Wildman–Crippen LogP) is 4.19. The molecule has 0 unspecified atom stereocenters. The molecule has 32 heavy (non-hydrogen) atoms. The molecule has 0 aliphatic heterocycles. The lowest BCUT2D eigenvalue weighted by Crippen LogP contribution is -2.39. The number of hydrazone groups is 1. The van der Waals surface area contributed by atoms with Gasteiger partial charge >= 0.3 is 0 Å². The molecule has 3 rings (SSSR count). The van der Waals surface area contributed by atoms with Gasteiger partial charge in [0.05, 0.1) is 23.4 Å². The van der Waals surface area contributed by atoms with Crippen molar-refractivity contribution in [3.8, 4) is 5.75 Å². The summed E-state index contributed by atoms with van der Waals surface area (Å²) in [7, 11) is -4.04. The van der Waals surface area contributed by atoms with E-state index in [1.807, 2.05) is 24.3 Å². The second kappa shape index (κ2) is 10.9. The Balaban J connectivity index is 1.89. The maximum atomic E-state index is 13.4. The minimum atomic E-state index is -4.04. The molecule has 3 aromatic rings. The van der Waals surface area contributed by atoms with E-state index in [0.29, 0.717) is 12.4 Å². The summed E-state index contributed by atoms with van der Waals surface area (Å²) in [4.78, 5) is 12.7. The van der Waals surface area contributed by atoms with E-state index in [0.717, 1.165) is 14.3 Å². The molecular weight excluding hydrogens is 494 g/mol. The topological polar surface area (TPSA) is 88.1 Å². The van der Waals surface area contributed by atoms with E-state index in [1.54, 1.807) is 49.4 Å². The molecule has 166 valence electrons. The number of sulfonamides is 1. The van der Waals surface area contributed by atoms with E-state index in [-0.39, 0.29) is 10.6 Å². The Morgan fingerprint density at radius 1 is 1.06 bits per heavy atom. The van der Waals surface area contributed by atoms with Crippen LogP contribution >= 0.6 is 15.9 Å². The highest BCUT2D eigenvalue weighted by Gasteiger charge is 2.29. The van der Waals surface area contributed by atoms with E-state index in [2.05, 4.69) is 26.5 Å². The zero-order valence-corrected chi connectivity index (χ0v) is 19.7. The standard InChI is InChI=1S/C23H22BrN3O4S/c1-2-31-22-14-7-6-13-21(22)27(32(29,30)20-11-4-3-5-12-20)17-23(28)26-25-16-18-9-8-10-19(24)15-18/h3-16H,2,17H2,1H3,(H,26,28)/b25-16-. The molecule has 0 atom stereocenters. The Morgan fingerprint density at radius 2 is 1.78 bits per heavy atom. The Hall–Kier alpha value is -3.17. The van der Waals surface area contributed by atoms with Crippen LogP contribution in [0.15, 0.2) is 93.3 Å². The number of para-hydroxylation sites is 2. The summed E-state index contributed by atoms with van der Waals surface area (Å²) in [5.41, 5.74) is 3.44. The number of carbonyl (C=O) groups is 1. The van der Waals surface area contributed by atoms with Crippen LogP contribution in [0.4, 0.5) is 5.69 Å². The molecule has 0 saturated heterocycles. The number of rotatable bonds is 9. The summed E-state index contributed by atoms with van der Waals surface area (Å²) in [6, 6.07) is 22.0. The summed E-state index contributed by atoms with van der Waals surface area (Å²) in [5, 5.41) is 3.94. The Kier molecular flexibility index (Phi) is 8.02. The third-order valence-corrected chi connectivity index (χ3v) is 6.57. The van der Waals surface area contributed by atoms with Gasteiger partial charge in [0.25, 0.3) is 15.9 Å². The molecule has 0 heterocycles. The van der Waals surface area contributed by atoms with Crippen molar-refractivity contribution < 1.29 is 17.9 Å². The fourth-order valence-electron chi connectivity index (χ4n) is 2.89. The molecule has 0 spiro atoms. The SMILES string of the molecule is CCOc1ccccc1N(CC(=O)N/N=C\c1cccc(Br)c1)S(=O)(=O)c1ccccc1. The fourth-order valence-corrected chi connectivity index (χ4v) is 4.76. The molecular formula is C23H22BrN3O4S. The van der Waals surface area contributed by atoms with Crippen molar-refractivity contribution in [3.05, 3.63) is 88.9 Å². The molecule has 0 fully saturated rings. The number of amides is 1. The van der Waals surface area contributed by atoms with Crippen LogP contribution < -0.4 is 14.5 Å². The Morgan fingerprint density at radius 3 is 2.50 bits per heavy atom. The smallest absolute Gasteiger partial charge is 0.264 e. The van der Waals surface area contributed by atoms with Crippen LogP contribution in [-0.2, 0) is 14.8 Å². The first-order chi connectivity index (χ1) is 15.4. The van der Waals surface area contributed by atoms with Gasteiger partial charge < -0.3 is 4.74 Å². The second-order valence-corrected chi connectivity index (χ2v) is 9.35. The molecule has 3 aromatic carbocycles. The van der Waals surface area contributed by atoms with Gasteiger partial charge in [0, 0.05) is 4.47 Å². The van der Waals surface area contributed by atoms with Crippen LogP contribution in [0, 0.1) is 0 Å². The predicted molar refractivity (Wildman–Crippen MR) is 128 cm³/mol. The molecule has 0 aliphatic rings.